The molecule has 1 saturated carbocycles. The van der Waals surface area contributed by atoms with Crippen molar-refractivity contribution in [2.45, 2.75) is 25.8 Å². The fraction of sp³-hybridized carbons (Fsp3) is 0.385. The summed E-state index contributed by atoms with van der Waals surface area (Å²) in [6, 6.07) is 13.3. The van der Waals surface area contributed by atoms with Crippen LogP contribution >= 0.6 is 0 Å². The van der Waals surface area contributed by atoms with E-state index < -0.39 is 0 Å². The van der Waals surface area contributed by atoms with Crippen molar-refractivity contribution in [1.82, 2.24) is 14.8 Å². The Morgan fingerprint density at radius 1 is 1.12 bits per heavy atom. The van der Waals surface area contributed by atoms with Gasteiger partial charge in [-0.15, -0.1) is 0 Å². The summed E-state index contributed by atoms with van der Waals surface area (Å²) >= 11 is 0. The normalized spacial score (nSPS) is 16.6. The first-order valence-electron chi connectivity index (χ1n) is 11.6. The number of aromatic nitrogens is 1. The quantitative estimate of drug-likeness (QED) is 0.603. The van der Waals surface area contributed by atoms with Gasteiger partial charge in [-0.2, -0.15) is 0 Å². The molecule has 1 amide bonds. The van der Waals surface area contributed by atoms with Crippen molar-refractivity contribution in [3.05, 3.63) is 70.1 Å². The minimum atomic E-state index is -0.131. The van der Waals surface area contributed by atoms with Gasteiger partial charge in [0.05, 0.1) is 24.3 Å². The van der Waals surface area contributed by atoms with Crippen molar-refractivity contribution < 1.29 is 14.3 Å². The molecule has 1 saturated heterocycles. The molecule has 1 aromatic heterocycles. The minimum absolute atomic E-state index is 0.0939. The third kappa shape index (κ3) is 4.94. The van der Waals surface area contributed by atoms with Gasteiger partial charge in [0.2, 0.25) is 0 Å². The summed E-state index contributed by atoms with van der Waals surface area (Å²) in [5.74, 6) is 0.587. The monoisotopic (exact) mass is 447 g/mol. The number of ether oxygens (including phenoxy) is 2. The number of carbonyl (C=O) groups excluding carboxylic acids is 1. The Kier molecular flexibility index (Phi) is 6.15. The molecule has 2 aliphatic rings. The molecule has 1 aliphatic heterocycles. The van der Waals surface area contributed by atoms with Crippen molar-refractivity contribution >= 4 is 16.7 Å². The number of rotatable bonds is 7. The average Bonchev–Trinajstić information content (AvgIpc) is 3.65. The van der Waals surface area contributed by atoms with Crippen LogP contribution < -0.4 is 15.6 Å². The lowest BCUT2D eigenvalue weighted by molar-refractivity contribution is 0.0322. The standard InChI is InChI=1S/C26H29N3O4/c1-18-2-3-20(25(30)27-21-5-6-21)16-24(18)29-9-8-19-4-7-22(17-23(19)26(29)31)33-15-12-28-10-13-32-14-11-28/h2-4,7-9,16-17,21H,5-6,10-15H2,1H3,(H,27,30). The Labute approximate surface area is 192 Å². The highest BCUT2D eigenvalue weighted by molar-refractivity contribution is 5.95. The van der Waals surface area contributed by atoms with Crippen LogP contribution in [0.2, 0.25) is 0 Å². The summed E-state index contributed by atoms with van der Waals surface area (Å²) in [6.07, 6.45) is 3.84. The number of nitrogens with one attached hydrogen (secondary N) is 1. The summed E-state index contributed by atoms with van der Waals surface area (Å²) in [7, 11) is 0. The van der Waals surface area contributed by atoms with Crippen molar-refractivity contribution in [2.75, 3.05) is 39.5 Å². The van der Waals surface area contributed by atoms with Crippen LogP contribution in [0.4, 0.5) is 0 Å². The molecule has 5 rings (SSSR count). The van der Waals surface area contributed by atoms with Gasteiger partial charge in [0.25, 0.3) is 11.5 Å². The maximum atomic E-state index is 13.4. The highest BCUT2D eigenvalue weighted by Gasteiger charge is 2.24. The van der Waals surface area contributed by atoms with E-state index in [9.17, 15) is 9.59 Å². The van der Waals surface area contributed by atoms with Gasteiger partial charge in [0, 0.05) is 37.4 Å². The number of hydrogen-bond donors (Lipinski definition) is 1. The molecule has 33 heavy (non-hydrogen) atoms. The fourth-order valence-electron chi connectivity index (χ4n) is 4.12. The van der Waals surface area contributed by atoms with Crippen molar-refractivity contribution in [3.8, 4) is 11.4 Å². The van der Waals surface area contributed by atoms with E-state index >= 15 is 0 Å². The van der Waals surface area contributed by atoms with Crippen molar-refractivity contribution in [3.63, 3.8) is 0 Å². The zero-order valence-electron chi connectivity index (χ0n) is 18.9. The first-order chi connectivity index (χ1) is 16.1. The topological polar surface area (TPSA) is 72.8 Å². The summed E-state index contributed by atoms with van der Waals surface area (Å²) in [6.45, 7) is 6.70. The van der Waals surface area contributed by atoms with E-state index in [0.717, 1.165) is 56.6 Å². The average molecular weight is 448 g/mol. The lowest BCUT2D eigenvalue weighted by Crippen LogP contribution is -2.38. The van der Waals surface area contributed by atoms with Crippen LogP contribution in [0.5, 0.6) is 5.75 Å². The SMILES string of the molecule is Cc1ccc(C(=O)NC2CC2)cc1-n1ccc2ccc(OCCN3CCOCC3)cc2c1=O. The molecular formula is C26H29N3O4. The molecule has 0 atom stereocenters. The Balaban J connectivity index is 1.39. The van der Waals surface area contributed by atoms with E-state index in [1.54, 1.807) is 16.8 Å². The van der Waals surface area contributed by atoms with E-state index in [4.69, 9.17) is 9.47 Å². The molecule has 0 radical (unpaired) electrons. The summed E-state index contributed by atoms with van der Waals surface area (Å²) < 4.78 is 12.9. The lowest BCUT2D eigenvalue weighted by atomic mass is 10.1. The van der Waals surface area contributed by atoms with Crippen LogP contribution in [0.1, 0.15) is 28.8 Å². The van der Waals surface area contributed by atoms with Crippen LogP contribution in [-0.2, 0) is 4.74 Å². The predicted octanol–water partition coefficient (Wildman–Crippen LogP) is 2.90. The van der Waals surface area contributed by atoms with Crippen LogP contribution in [0.25, 0.3) is 16.5 Å². The molecule has 1 N–H and O–H groups in total. The molecule has 3 aromatic rings. The van der Waals surface area contributed by atoms with E-state index in [1.807, 2.05) is 43.3 Å². The zero-order chi connectivity index (χ0) is 22.8. The van der Waals surface area contributed by atoms with E-state index in [-0.39, 0.29) is 17.5 Å². The summed E-state index contributed by atoms with van der Waals surface area (Å²) in [5.41, 5.74) is 2.07. The number of nitrogens with zero attached hydrogens (tertiary/aromatic N) is 2. The molecule has 7 heteroatoms. The van der Waals surface area contributed by atoms with Crippen molar-refractivity contribution in [1.29, 1.82) is 0 Å². The largest absolute Gasteiger partial charge is 0.492 e. The molecule has 2 heterocycles. The van der Waals surface area contributed by atoms with Crippen molar-refractivity contribution in [2.24, 2.45) is 0 Å². The summed E-state index contributed by atoms with van der Waals surface area (Å²) in [5, 5.41) is 4.46. The number of hydrogen-bond acceptors (Lipinski definition) is 5. The van der Waals surface area contributed by atoms with Crippen LogP contribution in [0, 0.1) is 6.92 Å². The highest BCUT2D eigenvalue weighted by Crippen LogP contribution is 2.22. The van der Waals surface area contributed by atoms with Crippen LogP contribution in [-0.4, -0.2) is 60.9 Å². The van der Waals surface area contributed by atoms with Gasteiger partial charge in [0.15, 0.2) is 0 Å². The molecule has 0 spiro atoms. The molecule has 1 aliphatic carbocycles. The second-order valence-electron chi connectivity index (χ2n) is 8.79. The minimum Gasteiger partial charge on any atom is -0.492 e. The number of morpholine rings is 1. The smallest absolute Gasteiger partial charge is 0.263 e. The Morgan fingerprint density at radius 3 is 2.73 bits per heavy atom. The molecule has 0 bridgehead atoms. The fourth-order valence-corrected chi connectivity index (χ4v) is 4.12. The summed E-state index contributed by atoms with van der Waals surface area (Å²) in [4.78, 5) is 28.2. The molecule has 2 fully saturated rings. The van der Waals surface area contributed by atoms with Gasteiger partial charge in [-0.25, -0.2) is 0 Å². The third-order valence-electron chi connectivity index (χ3n) is 6.30. The number of pyridine rings is 1. The number of benzene rings is 2. The molecule has 0 unspecified atom stereocenters. The lowest BCUT2D eigenvalue weighted by Gasteiger charge is -2.26. The number of amides is 1. The zero-order valence-corrected chi connectivity index (χ0v) is 18.9. The number of carbonyl (C=O) groups is 1. The molecule has 7 nitrogen and oxygen atoms in total. The van der Waals surface area contributed by atoms with Gasteiger partial charge in [-0.1, -0.05) is 12.1 Å². The van der Waals surface area contributed by atoms with E-state index in [2.05, 4.69) is 10.2 Å². The molecule has 172 valence electrons. The predicted molar refractivity (Wildman–Crippen MR) is 128 cm³/mol. The maximum Gasteiger partial charge on any atom is 0.263 e. The van der Waals surface area contributed by atoms with Gasteiger partial charge in [-0.3, -0.25) is 19.1 Å². The van der Waals surface area contributed by atoms with E-state index in [1.165, 1.54) is 0 Å². The number of fused-ring (bicyclic) bond motifs is 1. The van der Waals surface area contributed by atoms with Crippen LogP contribution in [0.15, 0.2) is 53.5 Å². The number of aryl methyl sites for hydroxylation is 1. The third-order valence-corrected chi connectivity index (χ3v) is 6.30. The first-order valence-corrected chi connectivity index (χ1v) is 11.6. The van der Waals surface area contributed by atoms with Gasteiger partial charge >= 0.3 is 0 Å². The van der Waals surface area contributed by atoms with E-state index in [0.29, 0.717) is 29.0 Å². The molecule has 2 aromatic carbocycles. The van der Waals surface area contributed by atoms with Crippen LogP contribution in [0.3, 0.4) is 0 Å². The Hall–Kier alpha value is -3.16. The molecular weight excluding hydrogens is 418 g/mol. The van der Waals surface area contributed by atoms with Gasteiger partial charge in [0.1, 0.15) is 12.4 Å². The van der Waals surface area contributed by atoms with Gasteiger partial charge in [-0.05, 0) is 61.0 Å². The Morgan fingerprint density at radius 2 is 1.94 bits per heavy atom. The Bertz CT molecular complexity index is 1230. The first kappa shape index (κ1) is 21.7. The second kappa shape index (κ2) is 9.37. The second-order valence-corrected chi connectivity index (χ2v) is 8.79. The van der Waals surface area contributed by atoms with Gasteiger partial charge < -0.3 is 14.8 Å². The highest BCUT2D eigenvalue weighted by atomic mass is 16.5. The maximum absolute atomic E-state index is 13.4.